The van der Waals surface area contributed by atoms with Gasteiger partial charge in [0.1, 0.15) is 12.7 Å². The highest BCUT2D eigenvalue weighted by molar-refractivity contribution is 5.30. The predicted octanol–water partition coefficient (Wildman–Crippen LogP) is 1.59. The largest absolute Gasteiger partial charge is 0.488 e. The van der Waals surface area contributed by atoms with E-state index in [9.17, 15) is 9.50 Å². The van der Waals surface area contributed by atoms with E-state index < -0.39 is 11.9 Å². The highest BCUT2D eigenvalue weighted by Gasteiger charge is 2.19. The molecule has 0 saturated carbocycles. The number of hydrogen-bond acceptors (Lipinski definition) is 4. The van der Waals surface area contributed by atoms with Crippen molar-refractivity contribution in [3.63, 3.8) is 0 Å². The van der Waals surface area contributed by atoms with E-state index in [2.05, 4.69) is 4.90 Å². The maximum Gasteiger partial charge on any atom is 0.165 e. The van der Waals surface area contributed by atoms with Gasteiger partial charge in [-0.05, 0) is 31.7 Å². The Morgan fingerprint density at radius 1 is 1.58 bits per heavy atom. The van der Waals surface area contributed by atoms with Crippen molar-refractivity contribution < 1.29 is 19.0 Å². The van der Waals surface area contributed by atoms with E-state index in [1.807, 2.05) is 7.05 Å². The predicted molar refractivity (Wildman–Crippen MR) is 69.8 cm³/mol. The molecular weight excluding hydrogens is 249 g/mol. The van der Waals surface area contributed by atoms with E-state index in [0.717, 1.165) is 13.1 Å². The number of halogens is 1. The van der Waals surface area contributed by atoms with Crippen molar-refractivity contribution in [2.45, 2.75) is 19.1 Å². The summed E-state index contributed by atoms with van der Waals surface area (Å²) in [6.45, 7) is 4.30. The molecule has 1 heterocycles. The molecule has 0 spiro atoms. The Morgan fingerprint density at radius 2 is 2.37 bits per heavy atom. The number of ether oxygens (including phenoxy) is 2. The molecule has 1 N–H and O–H groups in total. The van der Waals surface area contributed by atoms with Crippen LogP contribution in [0.5, 0.6) is 5.75 Å². The summed E-state index contributed by atoms with van der Waals surface area (Å²) >= 11 is 0. The molecule has 1 aromatic carbocycles. The Hall–Kier alpha value is -1.17. The number of hydrogen-bond donors (Lipinski definition) is 1. The summed E-state index contributed by atoms with van der Waals surface area (Å²) in [6.07, 6.45) is -0.714. The number of morpholine rings is 1. The van der Waals surface area contributed by atoms with Crippen molar-refractivity contribution in [2.24, 2.45) is 0 Å². The fourth-order valence-electron chi connectivity index (χ4n) is 2.04. The standard InChI is InChI=1S/C14H20FNO3/c1-10(17)11-3-4-14(13(15)7-11)19-9-12-8-16(2)5-6-18-12/h3-4,7,10,12,17H,5-6,8-9H2,1-2H3. The molecule has 0 aromatic heterocycles. The normalized spacial score (nSPS) is 22.2. The van der Waals surface area contributed by atoms with Gasteiger partial charge in [-0.15, -0.1) is 0 Å². The number of rotatable bonds is 4. The molecule has 4 nitrogen and oxygen atoms in total. The molecule has 0 bridgehead atoms. The van der Waals surface area contributed by atoms with Gasteiger partial charge in [0.25, 0.3) is 0 Å². The third-order valence-electron chi connectivity index (χ3n) is 3.20. The van der Waals surface area contributed by atoms with Crippen molar-refractivity contribution in [2.75, 3.05) is 33.4 Å². The van der Waals surface area contributed by atoms with Crippen LogP contribution in [-0.2, 0) is 4.74 Å². The molecule has 0 aliphatic carbocycles. The van der Waals surface area contributed by atoms with Crippen molar-refractivity contribution in [3.05, 3.63) is 29.6 Å². The highest BCUT2D eigenvalue weighted by atomic mass is 19.1. The van der Waals surface area contributed by atoms with E-state index in [0.29, 0.717) is 18.8 Å². The summed E-state index contributed by atoms with van der Waals surface area (Å²) in [5, 5.41) is 9.37. The van der Waals surface area contributed by atoms with Crippen LogP contribution < -0.4 is 4.74 Å². The first-order valence-electron chi connectivity index (χ1n) is 6.46. The molecular formula is C14H20FNO3. The zero-order valence-electron chi connectivity index (χ0n) is 11.3. The van der Waals surface area contributed by atoms with Gasteiger partial charge in [-0.3, -0.25) is 0 Å². The van der Waals surface area contributed by atoms with Crippen molar-refractivity contribution in [1.29, 1.82) is 0 Å². The number of aliphatic hydroxyl groups excluding tert-OH is 1. The Morgan fingerprint density at radius 3 is 3.00 bits per heavy atom. The second-order valence-electron chi connectivity index (χ2n) is 4.93. The van der Waals surface area contributed by atoms with Gasteiger partial charge >= 0.3 is 0 Å². The van der Waals surface area contributed by atoms with Crippen LogP contribution in [0.25, 0.3) is 0 Å². The second-order valence-corrected chi connectivity index (χ2v) is 4.93. The van der Waals surface area contributed by atoms with Crippen LogP contribution in [0.1, 0.15) is 18.6 Å². The maximum atomic E-state index is 13.8. The molecule has 106 valence electrons. The van der Waals surface area contributed by atoms with Gasteiger partial charge in [-0.2, -0.15) is 0 Å². The molecule has 5 heteroatoms. The Kier molecular flexibility index (Phi) is 4.74. The van der Waals surface area contributed by atoms with E-state index in [-0.39, 0.29) is 11.9 Å². The van der Waals surface area contributed by atoms with Crippen LogP contribution in [-0.4, -0.2) is 49.5 Å². The van der Waals surface area contributed by atoms with E-state index in [1.54, 1.807) is 19.1 Å². The molecule has 2 atom stereocenters. The zero-order chi connectivity index (χ0) is 13.8. The van der Waals surface area contributed by atoms with Crippen molar-refractivity contribution in [1.82, 2.24) is 4.90 Å². The van der Waals surface area contributed by atoms with Gasteiger partial charge in [-0.1, -0.05) is 6.07 Å². The molecule has 2 unspecified atom stereocenters. The second kappa shape index (κ2) is 6.32. The lowest BCUT2D eigenvalue weighted by Crippen LogP contribution is -2.42. The van der Waals surface area contributed by atoms with E-state index >= 15 is 0 Å². The lowest BCUT2D eigenvalue weighted by Gasteiger charge is -2.29. The number of benzene rings is 1. The fraction of sp³-hybridized carbons (Fsp3) is 0.571. The Labute approximate surface area is 112 Å². The summed E-state index contributed by atoms with van der Waals surface area (Å²) < 4.78 is 24.7. The van der Waals surface area contributed by atoms with Crippen LogP contribution in [0.4, 0.5) is 4.39 Å². The van der Waals surface area contributed by atoms with Gasteiger partial charge in [0, 0.05) is 13.1 Å². The van der Waals surface area contributed by atoms with E-state index in [4.69, 9.17) is 9.47 Å². The number of aliphatic hydroxyl groups is 1. The minimum absolute atomic E-state index is 0.0328. The fourth-order valence-corrected chi connectivity index (χ4v) is 2.04. The average Bonchev–Trinajstić information content (AvgIpc) is 2.37. The summed E-state index contributed by atoms with van der Waals surface area (Å²) in [5.41, 5.74) is 0.540. The summed E-state index contributed by atoms with van der Waals surface area (Å²) in [4.78, 5) is 2.16. The van der Waals surface area contributed by atoms with Crippen molar-refractivity contribution >= 4 is 0 Å². The summed E-state index contributed by atoms with van der Waals surface area (Å²) in [6, 6.07) is 4.51. The third-order valence-corrected chi connectivity index (χ3v) is 3.20. The minimum Gasteiger partial charge on any atom is -0.488 e. The van der Waals surface area contributed by atoms with Gasteiger partial charge in [0.05, 0.1) is 12.7 Å². The number of likely N-dealkylation sites (N-methyl/N-ethyl adjacent to an activating group) is 1. The summed E-state index contributed by atoms with van der Waals surface area (Å²) in [7, 11) is 2.02. The first-order chi connectivity index (χ1) is 9.06. The molecule has 1 aliphatic rings. The minimum atomic E-state index is -0.682. The lowest BCUT2D eigenvalue weighted by molar-refractivity contribution is -0.0408. The van der Waals surface area contributed by atoms with Gasteiger partial charge in [0.15, 0.2) is 11.6 Å². The smallest absolute Gasteiger partial charge is 0.165 e. The van der Waals surface area contributed by atoms with Crippen molar-refractivity contribution in [3.8, 4) is 5.75 Å². The molecule has 1 aromatic rings. The van der Waals surface area contributed by atoms with Crippen LogP contribution in [0.15, 0.2) is 18.2 Å². The topological polar surface area (TPSA) is 41.9 Å². The molecule has 0 radical (unpaired) electrons. The van der Waals surface area contributed by atoms with Gasteiger partial charge in [0.2, 0.25) is 0 Å². The Bertz CT molecular complexity index is 425. The third kappa shape index (κ3) is 3.89. The monoisotopic (exact) mass is 269 g/mol. The molecule has 2 rings (SSSR count). The average molecular weight is 269 g/mol. The number of nitrogens with zero attached hydrogens (tertiary/aromatic N) is 1. The van der Waals surface area contributed by atoms with E-state index in [1.165, 1.54) is 6.07 Å². The molecule has 19 heavy (non-hydrogen) atoms. The highest BCUT2D eigenvalue weighted by Crippen LogP contribution is 2.22. The molecule has 1 saturated heterocycles. The van der Waals surface area contributed by atoms with Crippen LogP contribution >= 0.6 is 0 Å². The van der Waals surface area contributed by atoms with Crippen LogP contribution in [0.2, 0.25) is 0 Å². The Balaban J connectivity index is 1.92. The zero-order valence-corrected chi connectivity index (χ0v) is 11.3. The van der Waals surface area contributed by atoms with Gasteiger partial charge in [-0.25, -0.2) is 4.39 Å². The molecule has 1 aliphatic heterocycles. The quantitative estimate of drug-likeness (QED) is 0.901. The first-order valence-corrected chi connectivity index (χ1v) is 6.46. The van der Waals surface area contributed by atoms with Crippen LogP contribution in [0.3, 0.4) is 0 Å². The SMILES string of the molecule is CC(O)c1ccc(OCC2CN(C)CCO2)c(F)c1. The molecule has 1 fully saturated rings. The maximum absolute atomic E-state index is 13.8. The molecule has 0 amide bonds. The van der Waals surface area contributed by atoms with Crippen LogP contribution in [0, 0.1) is 5.82 Å². The summed E-state index contributed by atoms with van der Waals surface area (Å²) in [5.74, 6) is -0.260. The van der Waals surface area contributed by atoms with Gasteiger partial charge < -0.3 is 19.5 Å². The first kappa shape index (κ1) is 14.2. The lowest BCUT2D eigenvalue weighted by atomic mass is 10.1.